The number of rotatable bonds is 8. The first-order chi connectivity index (χ1) is 18.3. The van der Waals surface area contributed by atoms with Gasteiger partial charge in [-0.25, -0.2) is 14.4 Å². The Morgan fingerprint density at radius 1 is 1.39 bits per heavy atom. The molecule has 2 N–H and O–H groups in total. The first-order valence-electron chi connectivity index (χ1n) is 12.8. The van der Waals surface area contributed by atoms with Crippen LogP contribution < -0.4 is 10.6 Å². The van der Waals surface area contributed by atoms with Crippen molar-refractivity contribution in [3.8, 4) is 11.3 Å². The number of anilines is 1. The van der Waals surface area contributed by atoms with E-state index >= 15 is 0 Å². The molecule has 0 spiro atoms. The first-order valence-corrected chi connectivity index (χ1v) is 12.8. The number of aromatic nitrogens is 2. The van der Waals surface area contributed by atoms with E-state index in [0.29, 0.717) is 35.9 Å². The lowest BCUT2D eigenvalue weighted by atomic mass is 9.92. The number of fused-ring (bicyclic) bond motifs is 2. The number of imidazole rings is 1. The number of nitrogens with zero attached hydrogens (tertiary/aromatic N) is 4. The van der Waals surface area contributed by atoms with Gasteiger partial charge in [-0.05, 0) is 63.7 Å². The summed E-state index contributed by atoms with van der Waals surface area (Å²) in [7, 11) is 4.04. The summed E-state index contributed by atoms with van der Waals surface area (Å²) in [6.07, 6.45) is 6.18. The fraction of sp³-hybridized carbons (Fsp3) is 0.345. The van der Waals surface area contributed by atoms with Crippen LogP contribution in [0.15, 0.2) is 65.7 Å². The minimum atomic E-state index is -0.346. The summed E-state index contributed by atoms with van der Waals surface area (Å²) < 4.78 is 21.1. The molecule has 2 aliphatic heterocycles. The highest BCUT2D eigenvalue weighted by Gasteiger charge is 2.29. The predicted octanol–water partition coefficient (Wildman–Crippen LogP) is 4.64. The molecule has 0 saturated carbocycles. The zero-order valence-corrected chi connectivity index (χ0v) is 22.2. The highest BCUT2D eigenvalue weighted by Crippen LogP contribution is 2.35. The van der Waals surface area contributed by atoms with Gasteiger partial charge in [0.05, 0.1) is 35.5 Å². The number of carbonyl (C=O) groups is 1. The van der Waals surface area contributed by atoms with Gasteiger partial charge in [-0.2, -0.15) is 0 Å². The van der Waals surface area contributed by atoms with E-state index in [1.54, 1.807) is 12.4 Å². The van der Waals surface area contributed by atoms with Gasteiger partial charge in [-0.1, -0.05) is 12.6 Å². The molecule has 4 heterocycles. The number of amides is 1. The fourth-order valence-electron chi connectivity index (χ4n) is 4.98. The highest BCUT2D eigenvalue weighted by molar-refractivity contribution is 6.06. The molecule has 1 amide bonds. The van der Waals surface area contributed by atoms with E-state index < -0.39 is 0 Å². The van der Waals surface area contributed by atoms with Gasteiger partial charge in [0, 0.05) is 42.9 Å². The molecule has 3 aromatic rings. The number of ether oxygens (including phenoxy) is 1. The van der Waals surface area contributed by atoms with Crippen LogP contribution in [-0.4, -0.2) is 59.3 Å². The molecule has 1 fully saturated rings. The molecular formula is C29H33FN6O2. The molecule has 8 nitrogen and oxygen atoms in total. The topological polar surface area (TPSA) is 83.3 Å². The number of carbonyl (C=O) groups excluding carboxylic acids is 1. The Kier molecular flexibility index (Phi) is 7.14. The summed E-state index contributed by atoms with van der Waals surface area (Å²) in [4.78, 5) is 24.4. The smallest absolute Gasteiger partial charge is 0.254 e. The predicted molar refractivity (Wildman–Crippen MR) is 148 cm³/mol. The van der Waals surface area contributed by atoms with Crippen LogP contribution in [0.1, 0.15) is 36.2 Å². The van der Waals surface area contributed by atoms with Crippen LogP contribution in [0.25, 0.3) is 16.9 Å². The standard InChI is InChI=1S/C29H33FN6O2/c1-6-25(34-28(18(3)35(4)5)17(2)19-10-12-38-16-19)33-23-8-7-21(22-14-32-29(37)27(22)23)24-15-31-26-13-20(30)9-11-36(24)26/h6-9,11,13,15,18-19,33H,2,10,12,14,16H2,1,3-5H3,(H,32,37)/b25-6-,34-28+/t18-,19+/m1/s1. The van der Waals surface area contributed by atoms with Gasteiger partial charge in [0.1, 0.15) is 17.3 Å². The van der Waals surface area contributed by atoms with E-state index in [4.69, 9.17) is 9.73 Å². The van der Waals surface area contributed by atoms with E-state index in [0.717, 1.165) is 41.1 Å². The van der Waals surface area contributed by atoms with Crippen molar-refractivity contribution in [2.75, 3.05) is 32.6 Å². The third kappa shape index (κ3) is 4.75. The van der Waals surface area contributed by atoms with Crippen LogP contribution >= 0.6 is 0 Å². The van der Waals surface area contributed by atoms with Crippen molar-refractivity contribution in [2.24, 2.45) is 10.9 Å². The number of pyridine rings is 1. The maximum atomic E-state index is 13.7. The Labute approximate surface area is 221 Å². The van der Waals surface area contributed by atoms with Crippen molar-refractivity contribution in [3.05, 3.63) is 77.7 Å². The number of allylic oxidation sites excluding steroid dienone is 1. The van der Waals surface area contributed by atoms with Gasteiger partial charge < -0.3 is 20.3 Å². The van der Waals surface area contributed by atoms with Crippen molar-refractivity contribution in [1.82, 2.24) is 19.6 Å². The summed E-state index contributed by atoms with van der Waals surface area (Å²) in [5.74, 6) is 0.371. The molecule has 0 bridgehead atoms. The van der Waals surface area contributed by atoms with Gasteiger partial charge in [0.15, 0.2) is 0 Å². The second kappa shape index (κ2) is 10.5. The third-order valence-corrected chi connectivity index (χ3v) is 7.42. The number of aliphatic imine (C=N–C) groups is 1. The van der Waals surface area contributed by atoms with Crippen LogP contribution in [0, 0.1) is 11.7 Å². The lowest BCUT2D eigenvalue weighted by Gasteiger charge is -2.26. The maximum Gasteiger partial charge on any atom is 0.254 e. The molecule has 0 unspecified atom stereocenters. The zero-order chi connectivity index (χ0) is 27.0. The number of hydrogen-bond acceptors (Lipinski definition) is 6. The molecule has 0 aliphatic carbocycles. The number of nitrogens with one attached hydrogen (secondary N) is 2. The molecule has 38 heavy (non-hydrogen) atoms. The lowest BCUT2D eigenvalue weighted by Crippen LogP contribution is -2.35. The average molecular weight is 517 g/mol. The second-order valence-corrected chi connectivity index (χ2v) is 9.93. The Hall–Kier alpha value is -3.82. The van der Waals surface area contributed by atoms with Crippen LogP contribution in [0.2, 0.25) is 0 Å². The molecule has 5 rings (SSSR count). The van der Waals surface area contributed by atoms with E-state index in [2.05, 4.69) is 34.0 Å². The molecule has 0 radical (unpaired) electrons. The molecule has 9 heteroatoms. The number of benzene rings is 1. The molecule has 2 aliphatic rings. The van der Waals surface area contributed by atoms with Gasteiger partial charge in [-0.3, -0.25) is 9.20 Å². The highest BCUT2D eigenvalue weighted by atomic mass is 19.1. The molecule has 198 valence electrons. The van der Waals surface area contributed by atoms with E-state index in [1.165, 1.54) is 12.1 Å². The SMILES string of the molecule is C=C(/C(=N\C(=C/C)Nc1ccc(-c2cnc3cc(F)ccn23)c2c1C(=O)NC2)[C@@H](C)N(C)C)[C@H]1CCOC1. The molecule has 1 saturated heterocycles. The Morgan fingerprint density at radius 2 is 2.21 bits per heavy atom. The van der Waals surface area contributed by atoms with E-state index in [1.807, 2.05) is 43.6 Å². The fourth-order valence-corrected chi connectivity index (χ4v) is 4.98. The second-order valence-electron chi connectivity index (χ2n) is 9.93. The summed E-state index contributed by atoms with van der Waals surface area (Å²) in [6, 6.07) is 6.67. The summed E-state index contributed by atoms with van der Waals surface area (Å²) >= 11 is 0. The lowest BCUT2D eigenvalue weighted by molar-refractivity contribution is 0.0966. The van der Waals surface area contributed by atoms with Crippen LogP contribution in [0.3, 0.4) is 0 Å². The van der Waals surface area contributed by atoms with Crippen LogP contribution in [0.5, 0.6) is 0 Å². The minimum Gasteiger partial charge on any atom is -0.381 e. The van der Waals surface area contributed by atoms with Crippen molar-refractivity contribution < 1.29 is 13.9 Å². The van der Waals surface area contributed by atoms with E-state index in [-0.39, 0.29) is 23.7 Å². The average Bonchev–Trinajstić information content (AvgIpc) is 3.66. The van der Waals surface area contributed by atoms with Crippen molar-refractivity contribution in [3.63, 3.8) is 0 Å². The summed E-state index contributed by atoms with van der Waals surface area (Å²) in [6.45, 7) is 10.2. The van der Waals surface area contributed by atoms with Crippen LogP contribution in [-0.2, 0) is 11.3 Å². The Morgan fingerprint density at radius 3 is 2.92 bits per heavy atom. The number of hydrogen-bond donors (Lipinski definition) is 2. The minimum absolute atomic E-state index is 0.0382. The Balaban J connectivity index is 1.52. The monoisotopic (exact) mass is 516 g/mol. The van der Waals surface area contributed by atoms with Crippen molar-refractivity contribution in [2.45, 2.75) is 32.9 Å². The normalized spacial score (nSPS) is 18.7. The van der Waals surface area contributed by atoms with Crippen LogP contribution in [0.4, 0.5) is 10.1 Å². The van der Waals surface area contributed by atoms with Gasteiger partial charge in [-0.15, -0.1) is 0 Å². The van der Waals surface area contributed by atoms with Crippen molar-refractivity contribution in [1.29, 1.82) is 0 Å². The summed E-state index contributed by atoms with van der Waals surface area (Å²) in [5, 5.41) is 6.34. The molecular weight excluding hydrogens is 483 g/mol. The largest absolute Gasteiger partial charge is 0.381 e. The Bertz CT molecular complexity index is 1470. The maximum absolute atomic E-state index is 13.7. The van der Waals surface area contributed by atoms with Gasteiger partial charge in [0.2, 0.25) is 0 Å². The van der Waals surface area contributed by atoms with Gasteiger partial charge in [0.25, 0.3) is 5.91 Å². The van der Waals surface area contributed by atoms with E-state index in [9.17, 15) is 9.18 Å². The van der Waals surface area contributed by atoms with Gasteiger partial charge >= 0.3 is 0 Å². The quantitative estimate of drug-likeness (QED) is 0.426. The molecule has 1 aromatic carbocycles. The first kappa shape index (κ1) is 25.8. The summed E-state index contributed by atoms with van der Waals surface area (Å²) in [5.41, 5.74) is 6.13. The molecule has 2 atom stereocenters. The zero-order valence-electron chi connectivity index (χ0n) is 22.2. The van der Waals surface area contributed by atoms with Crippen molar-refractivity contribution >= 4 is 23.0 Å². The number of halogens is 1. The third-order valence-electron chi connectivity index (χ3n) is 7.42. The molecule has 2 aromatic heterocycles.